The average Bonchev–Trinajstić information content (AvgIpc) is 3.21. The summed E-state index contributed by atoms with van der Waals surface area (Å²) in [7, 11) is 0. The number of hydrogen-bond donors (Lipinski definition) is 0. The van der Waals surface area contributed by atoms with E-state index in [0.717, 1.165) is 50.2 Å². The Morgan fingerprint density at radius 3 is 1.26 bits per heavy atom. The van der Waals surface area contributed by atoms with Crippen molar-refractivity contribution in [3.63, 3.8) is 0 Å². The summed E-state index contributed by atoms with van der Waals surface area (Å²) in [4.78, 5) is 24.7. The minimum Gasteiger partial charge on any atom is -0.228 e. The maximum atomic E-state index is 9.86. The van der Waals surface area contributed by atoms with Crippen LogP contribution in [0.25, 0.3) is 79.2 Å². The summed E-state index contributed by atoms with van der Waals surface area (Å²) in [5.74, 6) is 2.40. The van der Waals surface area contributed by atoms with Gasteiger partial charge in [0, 0.05) is 33.4 Å². The molecule has 0 saturated heterocycles. The Balaban J connectivity index is 1.22. The summed E-state index contributed by atoms with van der Waals surface area (Å²) < 4.78 is 0. The van der Waals surface area contributed by atoms with Crippen LogP contribution < -0.4 is 0 Å². The van der Waals surface area contributed by atoms with Crippen molar-refractivity contribution < 1.29 is 0 Å². The second-order valence-electron chi connectivity index (χ2n) is 11.7. The molecule has 8 rings (SSSR count). The molecule has 0 atom stereocenters. The normalized spacial score (nSPS) is 10.8. The van der Waals surface area contributed by atoms with Crippen molar-refractivity contribution in [2.75, 3.05) is 0 Å². The smallest absolute Gasteiger partial charge is 0.164 e. The summed E-state index contributed by atoms with van der Waals surface area (Å²) in [5.41, 5.74) is 9.35. The van der Waals surface area contributed by atoms with E-state index in [1.807, 2.05) is 146 Å². The minimum atomic E-state index is 0.561. The van der Waals surface area contributed by atoms with E-state index in [2.05, 4.69) is 30.3 Å². The molecule has 6 aromatic carbocycles. The van der Waals surface area contributed by atoms with Crippen LogP contribution in [-0.2, 0) is 0 Å². The Bertz CT molecular complexity index is 2430. The molecule has 0 aliphatic carbocycles. The fourth-order valence-electron chi connectivity index (χ4n) is 5.89. The first-order valence-electron chi connectivity index (χ1n) is 16.2. The molecular formula is C44H28N6. The third-order valence-corrected chi connectivity index (χ3v) is 8.39. The van der Waals surface area contributed by atoms with E-state index in [9.17, 15) is 5.26 Å². The highest BCUT2D eigenvalue weighted by Crippen LogP contribution is 2.32. The Kier molecular flexibility index (Phi) is 8.20. The van der Waals surface area contributed by atoms with E-state index in [1.165, 1.54) is 0 Å². The largest absolute Gasteiger partial charge is 0.228 e. The van der Waals surface area contributed by atoms with Crippen molar-refractivity contribution in [3.8, 4) is 85.3 Å². The Hall–Kier alpha value is -7.10. The molecule has 0 saturated carbocycles. The van der Waals surface area contributed by atoms with E-state index in [0.29, 0.717) is 34.6 Å². The van der Waals surface area contributed by atoms with Crippen LogP contribution in [0.2, 0.25) is 0 Å². The number of hydrogen-bond acceptors (Lipinski definition) is 6. The van der Waals surface area contributed by atoms with Crippen LogP contribution in [-0.4, -0.2) is 24.9 Å². The second-order valence-corrected chi connectivity index (χ2v) is 11.7. The van der Waals surface area contributed by atoms with Gasteiger partial charge in [-0.25, -0.2) is 24.9 Å². The molecular weight excluding hydrogens is 613 g/mol. The predicted octanol–water partition coefficient (Wildman–Crippen LogP) is 10.2. The maximum absolute atomic E-state index is 9.86. The number of aromatic nitrogens is 5. The van der Waals surface area contributed by atoms with Gasteiger partial charge in [-0.3, -0.25) is 0 Å². The van der Waals surface area contributed by atoms with Gasteiger partial charge in [0.15, 0.2) is 23.3 Å². The summed E-state index contributed by atoms with van der Waals surface area (Å²) >= 11 is 0. The molecule has 2 heterocycles. The fraction of sp³-hybridized carbons (Fsp3) is 0. The van der Waals surface area contributed by atoms with Crippen LogP contribution in [0.1, 0.15) is 5.56 Å². The van der Waals surface area contributed by atoms with Crippen LogP contribution in [0.5, 0.6) is 0 Å². The van der Waals surface area contributed by atoms with Gasteiger partial charge >= 0.3 is 0 Å². The molecule has 0 unspecified atom stereocenters. The van der Waals surface area contributed by atoms with Gasteiger partial charge in [0.1, 0.15) is 0 Å². The Morgan fingerprint density at radius 2 is 0.720 bits per heavy atom. The second kappa shape index (κ2) is 13.6. The lowest BCUT2D eigenvalue weighted by molar-refractivity contribution is 1.07. The molecule has 2 aromatic heterocycles. The van der Waals surface area contributed by atoms with Crippen molar-refractivity contribution in [2.24, 2.45) is 0 Å². The first-order chi connectivity index (χ1) is 24.7. The molecule has 234 valence electrons. The van der Waals surface area contributed by atoms with Crippen molar-refractivity contribution in [1.29, 1.82) is 5.26 Å². The van der Waals surface area contributed by atoms with Crippen LogP contribution in [0.15, 0.2) is 170 Å². The van der Waals surface area contributed by atoms with Crippen molar-refractivity contribution in [1.82, 2.24) is 24.9 Å². The molecule has 0 aliphatic rings. The van der Waals surface area contributed by atoms with Gasteiger partial charge in [-0.2, -0.15) is 5.26 Å². The standard InChI is InChI=1S/C44H28N6/c45-29-37-20-10-11-25-38(37)40-28-39(30-14-4-1-5-15-30)46-43(47-40)35-23-12-21-33(26-35)34-22-13-24-36(27-34)44-49-41(31-16-6-2-7-17-31)48-42(50-44)32-18-8-3-9-19-32/h1-28H. The molecule has 8 aromatic rings. The van der Waals surface area contributed by atoms with Crippen LogP contribution >= 0.6 is 0 Å². The number of nitrogens with zero attached hydrogens (tertiary/aromatic N) is 6. The SMILES string of the molecule is N#Cc1ccccc1-c1cc(-c2ccccc2)nc(-c2cccc(-c3cccc(-c4nc(-c5ccccc5)nc(-c5ccccc5)n4)c3)c2)n1. The van der Waals surface area contributed by atoms with Crippen LogP contribution in [0.4, 0.5) is 0 Å². The van der Waals surface area contributed by atoms with E-state index in [4.69, 9.17) is 24.9 Å². The quantitative estimate of drug-likeness (QED) is 0.172. The van der Waals surface area contributed by atoms with Crippen molar-refractivity contribution >= 4 is 0 Å². The molecule has 0 N–H and O–H groups in total. The zero-order valence-corrected chi connectivity index (χ0v) is 26.8. The van der Waals surface area contributed by atoms with Crippen LogP contribution in [0.3, 0.4) is 0 Å². The zero-order chi connectivity index (χ0) is 33.7. The summed E-state index contributed by atoms with van der Waals surface area (Å²) in [6, 6.07) is 58.2. The third kappa shape index (κ3) is 6.27. The molecule has 0 aliphatic heterocycles. The molecule has 0 amide bonds. The zero-order valence-electron chi connectivity index (χ0n) is 26.8. The van der Waals surface area contributed by atoms with Crippen molar-refractivity contribution in [2.45, 2.75) is 0 Å². The topological polar surface area (TPSA) is 88.2 Å². The Morgan fingerprint density at radius 1 is 0.320 bits per heavy atom. The number of nitriles is 1. The molecule has 50 heavy (non-hydrogen) atoms. The lowest BCUT2D eigenvalue weighted by atomic mass is 9.99. The van der Waals surface area contributed by atoms with Gasteiger partial charge in [0.05, 0.1) is 23.0 Å². The highest BCUT2D eigenvalue weighted by atomic mass is 15.0. The molecule has 6 heteroatoms. The highest BCUT2D eigenvalue weighted by molar-refractivity contribution is 5.78. The lowest BCUT2D eigenvalue weighted by Gasteiger charge is -2.12. The van der Waals surface area contributed by atoms with Gasteiger partial charge in [0.2, 0.25) is 0 Å². The molecule has 0 bridgehead atoms. The maximum Gasteiger partial charge on any atom is 0.164 e. The fourth-order valence-corrected chi connectivity index (χ4v) is 5.89. The summed E-state index contributed by atoms with van der Waals surface area (Å²) in [6.07, 6.45) is 0. The van der Waals surface area contributed by atoms with Gasteiger partial charge in [-0.1, -0.05) is 146 Å². The summed E-state index contributed by atoms with van der Waals surface area (Å²) in [5, 5.41) is 9.86. The van der Waals surface area contributed by atoms with E-state index in [-0.39, 0.29) is 0 Å². The molecule has 0 spiro atoms. The molecule has 0 radical (unpaired) electrons. The Labute approximate surface area is 290 Å². The minimum absolute atomic E-state index is 0.561. The van der Waals surface area contributed by atoms with Gasteiger partial charge in [-0.05, 0) is 35.4 Å². The first-order valence-corrected chi connectivity index (χ1v) is 16.2. The third-order valence-electron chi connectivity index (χ3n) is 8.39. The van der Waals surface area contributed by atoms with Gasteiger partial charge in [-0.15, -0.1) is 0 Å². The number of rotatable bonds is 7. The summed E-state index contributed by atoms with van der Waals surface area (Å²) in [6.45, 7) is 0. The van der Waals surface area contributed by atoms with Crippen molar-refractivity contribution in [3.05, 3.63) is 175 Å². The van der Waals surface area contributed by atoms with E-state index >= 15 is 0 Å². The lowest BCUT2D eigenvalue weighted by Crippen LogP contribution is -2.00. The van der Waals surface area contributed by atoms with Crippen LogP contribution in [0, 0.1) is 11.3 Å². The van der Waals surface area contributed by atoms with E-state index < -0.39 is 0 Å². The first kappa shape index (κ1) is 30.2. The highest BCUT2D eigenvalue weighted by Gasteiger charge is 2.15. The monoisotopic (exact) mass is 640 g/mol. The predicted molar refractivity (Wildman–Crippen MR) is 198 cm³/mol. The van der Waals surface area contributed by atoms with Gasteiger partial charge in [0.25, 0.3) is 0 Å². The number of benzene rings is 6. The molecule has 6 nitrogen and oxygen atoms in total. The van der Waals surface area contributed by atoms with Gasteiger partial charge < -0.3 is 0 Å². The molecule has 0 fully saturated rings. The van der Waals surface area contributed by atoms with E-state index in [1.54, 1.807) is 0 Å². The average molecular weight is 641 g/mol.